The number of benzene rings is 1. The van der Waals surface area contributed by atoms with Crippen molar-refractivity contribution in [3.8, 4) is 17.6 Å². The Morgan fingerprint density at radius 2 is 2.00 bits per heavy atom. The Bertz CT molecular complexity index is 498. The van der Waals surface area contributed by atoms with Crippen LogP contribution in [0.5, 0.6) is 5.75 Å². The third-order valence-corrected chi connectivity index (χ3v) is 3.73. The molecule has 1 saturated carbocycles. The van der Waals surface area contributed by atoms with Crippen LogP contribution in [0.4, 0.5) is 0 Å². The summed E-state index contributed by atoms with van der Waals surface area (Å²) < 4.78 is 5.84. The van der Waals surface area contributed by atoms with Crippen LogP contribution in [0.25, 0.3) is 6.08 Å². The third-order valence-electron chi connectivity index (χ3n) is 3.73. The van der Waals surface area contributed by atoms with Gasteiger partial charge in [0.2, 0.25) is 0 Å². The molecule has 0 amide bonds. The van der Waals surface area contributed by atoms with Crippen molar-refractivity contribution in [3.63, 3.8) is 0 Å². The molecule has 0 bridgehead atoms. The first-order valence-corrected chi connectivity index (χ1v) is 6.84. The lowest BCUT2D eigenvalue weighted by Crippen LogP contribution is -2.14. The zero-order valence-electron chi connectivity index (χ0n) is 10.6. The van der Waals surface area contributed by atoms with Crippen molar-refractivity contribution in [2.75, 3.05) is 0 Å². The molecule has 0 spiro atoms. The van der Waals surface area contributed by atoms with Gasteiger partial charge in [-0.2, -0.15) is 0 Å². The van der Waals surface area contributed by atoms with Crippen molar-refractivity contribution < 1.29 is 4.74 Å². The van der Waals surface area contributed by atoms with Crippen LogP contribution in [0.3, 0.4) is 0 Å². The van der Waals surface area contributed by atoms with Gasteiger partial charge in [0.05, 0.1) is 0 Å². The molecule has 1 fully saturated rings. The summed E-state index contributed by atoms with van der Waals surface area (Å²) in [6.45, 7) is 0. The fraction of sp³-hybridized carbons (Fsp3) is 0.412. The van der Waals surface area contributed by atoms with Crippen LogP contribution in [0.1, 0.15) is 37.7 Å². The Hall–Kier alpha value is -1.68. The average Bonchev–Trinajstić information content (AvgIpc) is 2.92. The highest BCUT2D eigenvalue weighted by atomic mass is 16.5. The minimum atomic E-state index is -0.0682. The first-order chi connectivity index (χ1) is 8.92. The van der Waals surface area contributed by atoms with Gasteiger partial charge in [0.1, 0.15) is 5.75 Å². The molecule has 0 saturated heterocycles. The molecule has 1 aromatic carbocycles. The van der Waals surface area contributed by atoms with Crippen molar-refractivity contribution >= 4 is 6.08 Å². The lowest BCUT2D eigenvalue weighted by atomic mass is 10.0. The largest absolute Gasteiger partial charge is 0.473 e. The van der Waals surface area contributed by atoms with Crippen LogP contribution >= 0.6 is 0 Å². The van der Waals surface area contributed by atoms with Crippen LogP contribution < -0.4 is 4.74 Å². The monoisotopic (exact) mass is 238 g/mol. The fourth-order valence-electron chi connectivity index (χ4n) is 2.69. The van der Waals surface area contributed by atoms with Gasteiger partial charge < -0.3 is 4.74 Å². The molecule has 1 atom stereocenters. The molecule has 1 nitrogen and oxygen atoms in total. The van der Waals surface area contributed by atoms with Crippen molar-refractivity contribution in [1.82, 2.24) is 0 Å². The average molecular weight is 238 g/mol. The summed E-state index contributed by atoms with van der Waals surface area (Å²) in [4.78, 5) is 0. The van der Waals surface area contributed by atoms with Crippen LogP contribution in [0.2, 0.25) is 0 Å². The summed E-state index contributed by atoms with van der Waals surface area (Å²) in [7, 11) is 0. The van der Waals surface area contributed by atoms with Gasteiger partial charge in [-0.15, -0.1) is 0 Å². The Balaban J connectivity index is 1.61. The van der Waals surface area contributed by atoms with Crippen LogP contribution in [-0.2, 0) is 0 Å². The van der Waals surface area contributed by atoms with Gasteiger partial charge in [-0.1, -0.05) is 49.0 Å². The number of para-hydroxylation sites is 1. The second kappa shape index (κ2) is 5.31. The fourth-order valence-corrected chi connectivity index (χ4v) is 2.69. The van der Waals surface area contributed by atoms with E-state index in [4.69, 9.17) is 4.74 Å². The Labute approximate surface area is 109 Å². The number of ether oxygens (including phenoxy) is 1. The normalized spacial score (nSPS) is 21.9. The summed E-state index contributed by atoms with van der Waals surface area (Å²) in [5, 5.41) is 0. The molecule has 1 heteroatoms. The lowest BCUT2D eigenvalue weighted by molar-refractivity contribution is 0.300. The third kappa shape index (κ3) is 2.59. The Morgan fingerprint density at radius 3 is 2.89 bits per heavy atom. The SMILES string of the molecule is C(#CC1C=Cc2ccccc2O1)CC1CCCC1. The zero-order valence-corrected chi connectivity index (χ0v) is 10.6. The number of fused-ring (bicyclic) bond motifs is 1. The maximum atomic E-state index is 5.84. The molecular formula is C17H18O. The number of hydrogen-bond acceptors (Lipinski definition) is 1. The van der Waals surface area contributed by atoms with E-state index in [0.717, 1.165) is 23.7 Å². The molecule has 0 radical (unpaired) electrons. The van der Waals surface area contributed by atoms with Crippen molar-refractivity contribution in [2.45, 2.75) is 38.2 Å². The summed E-state index contributed by atoms with van der Waals surface area (Å²) in [5.74, 6) is 8.31. The van der Waals surface area contributed by atoms with Gasteiger partial charge in [0.25, 0.3) is 0 Å². The Kier molecular flexibility index (Phi) is 3.37. The lowest BCUT2D eigenvalue weighted by Gasteiger charge is -2.17. The maximum absolute atomic E-state index is 5.84. The Morgan fingerprint density at radius 1 is 1.17 bits per heavy atom. The molecule has 18 heavy (non-hydrogen) atoms. The van der Waals surface area contributed by atoms with E-state index in [1.807, 2.05) is 24.3 Å². The van der Waals surface area contributed by atoms with E-state index in [1.54, 1.807) is 0 Å². The van der Waals surface area contributed by atoms with Gasteiger partial charge in [-0.05, 0) is 30.9 Å². The molecule has 1 aliphatic carbocycles. The van der Waals surface area contributed by atoms with Gasteiger partial charge in [0, 0.05) is 12.0 Å². The van der Waals surface area contributed by atoms with E-state index in [1.165, 1.54) is 25.7 Å². The van der Waals surface area contributed by atoms with Gasteiger partial charge >= 0.3 is 0 Å². The minimum Gasteiger partial charge on any atom is -0.473 e. The minimum absolute atomic E-state index is 0.0682. The van der Waals surface area contributed by atoms with Gasteiger partial charge in [-0.25, -0.2) is 0 Å². The first-order valence-electron chi connectivity index (χ1n) is 6.84. The van der Waals surface area contributed by atoms with E-state index < -0.39 is 0 Å². The zero-order chi connectivity index (χ0) is 12.2. The van der Waals surface area contributed by atoms with E-state index >= 15 is 0 Å². The highest BCUT2D eigenvalue weighted by Crippen LogP contribution is 2.27. The molecule has 2 aliphatic rings. The van der Waals surface area contributed by atoms with E-state index in [-0.39, 0.29) is 6.10 Å². The van der Waals surface area contributed by atoms with Crippen LogP contribution in [-0.4, -0.2) is 6.10 Å². The second-order valence-electron chi connectivity index (χ2n) is 5.11. The standard InChI is InChI=1S/C17H18O/c1-2-7-14(6-1)8-5-10-16-13-12-15-9-3-4-11-17(15)18-16/h3-4,9,11-14,16H,1-2,6-8H2. The van der Waals surface area contributed by atoms with Crippen LogP contribution in [0.15, 0.2) is 30.3 Å². The molecule has 1 unspecified atom stereocenters. The molecule has 0 aromatic heterocycles. The predicted molar refractivity (Wildman–Crippen MR) is 74.2 cm³/mol. The van der Waals surface area contributed by atoms with E-state index in [2.05, 4.69) is 24.0 Å². The van der Waals surface area contributed by atoms with Gasteiger partial charge in [0.15, 0.2) is 6.10 Å². The van der Waals surface area contributed by atoms with Crippen molar-refractivity contribution in [2.24, 2.45) is 5.92 Å². The molecule has 92 valence electrons. The molecule has 1 aliphatic heterocycles. The number of hydrogen-bond donors (Lipinski definition) is 0. The summed E-state index contributed by atoms with van der Waals surface area (Å²) in [6, 6.07) is 8.10. The molecule has 3 rings (SSSR count). The quantitative estimate of drug-likeness (QED) is 0.671. The van der Waals surface area contributed by atoms with Crippen molar-refractivity contribution in [1.29, 1.82) is 0 Å². The number of rotatable bonds is 1. The van der Waals surface area contributed by atoms with Crippen LogP contribution in [0, 0.1) is 17.8 Å². The highest BCUT2D eigenvalue weighted by molar-refractivity contribution is 5.60. The second-order valence-corrected chi connectivity index (χ2v) is 5.11. The molecule has 0 N–H and O–H groups in total. The van der Waals surface area contributed by atoms with Gasteiger partial charge in [-0.3, -0.25) is 0 Å². The highest BCUT2D eigenvalue weighted by Gasteiger charge is 2.14. The maximum Gasteiger partial charge on any atom is 0.177 e. The summed E-state index contributed by atoms with van der Waals surface area (Å²) >= 11 is 0. The van der Waals surface area contributed by atoms with E-state index in [0.29, 0.717) is 0 Å². The molecule has 1 aromatic rings. The topological polar surface area (TPSA) is 9.23 Å². The summed E-state index contributed by atoms with van der Waals surface area (Å²) in [6.07, 6.45) is 10.6. The van der Waals surface area contributed by atoms with E-state index in [9.17, 15) is 0 Å². The first kappa shape index (κ1) is 11.4. The molecule has 1 heterocycles. The van der Waals surface area contributed by atoms with Crippen molar-refractivity contribution in [3.05, 3.63) is 35.9 Å². The molecular weight excluding hydrogens is 220 g/mol. The smallest absolute Gasteiger partial charge is 0.177 e. The predicted octanol–water partition coefficient (Wildman–Crippen LogP) is 4.04. The summed E-state index contributed by atoms with van der Waals surface area (Å²) in [5.41, 5.74) is 1.14.